The van der Waals surface area contributed by atoms with E-state index in [1.165, 1.54) is 6.92 Å². The van der Waals surface area contributed by atoms with E-state index in [1.807, 2.05) is 66.7 Å². The summed E-state index contributed by atoms with van der Waals surface area (Å²) < 4.78 is 5.38. The Morgan fingerprint density at radius 1 is 1.00 bits per heavy atom. The Bertz CT molecular complexity index is 829. The number of hydrogen-bond donors (Lipinski definition) is 0. The molecule has 1 aliphatic rings. The van der Waals surface area contributed by atoms with Gasteiger partial charge in [0.05, 0.1) is 0 Å². The van der Waals surface area contributed by atoms with E-state index < -0.39 is 5.97 Å². The van der Waals surface area contributed by atoms with Crippen LogP contribution in [-0.4, -0.2) is 11.8 Å². The second kappa shape index (κ2) is 7.09. The third kappa shape index (κ3) is 3.35. The average molecular weight is 318 g/mol. The van der Waals surface area contributed by atoms with Crippen molar-refractivity contribution in [2.75, 3.05) is 0 Å². The molecule has 24 heavy (non-hydrogen) atoms. The number of hydrogen-bond acceptors (Lipinski definition) is 3. The lowest BCUT2D eigenvalue weighted by molar-refractivity contribution is -0.141. The Kier molecular flexibility index (Phi) is 4.71. The molecule has 0 amide bonds. The molecule has 0 saturated heterocycles. The second-order valence-corrected chi connectivity index (χ2v) is 5.67. The van der Waals surface area contributed by atoms with E-state index in [1.54, 1.807) is 0 Å². The minimum absolute atomic E-state index is 0.141. The fourth-order valence-electron chi connectivity index (χ4n) is 2.84. The van der Waals surface area contributed by atoms with Gasteiger partial charge in [0.1, 0.15) is 12.2 Å². The summed E-state index contributed by atoms with van der Waals surface area (Å²) in [5, 5.41) is 0. The van der Waals surface area contributed by atoms with Crippen molar-refractivity contribution in [3.8, 4) is 0 Å². The number of fused-ring (bicyclic) bond motifs is 1. The molecule has 120 valence electrons. The maximum atomic E-state index is 12.5. The van der Waals surface area contributed by atoms with Crippen LogP contribution in [-0.2, 0) is 20.9 Å². The van der Waals surface area contributed by atoms with Crippen LogP contribution in [0.15, 0.2) is 66.2 Å². The van der Waals surface area contributed by atoms with E-state index >= 15 is 0 Å². The second-order valence-electron chi connectivity index (χ2n) is 5.67. The molecule has 0 saturated carbocycles. The van der Waals surface area contributed by atoms with Crippen molar-refractivity contribution in [1.82, 2.24) is 0 Å². The van der Waals surface area contributed by atoms with Gasteiger partial charge >= 0.3 is 5.97 Å². The number of allylic oxidation sites excluding steroid dienone is 2. The van der Waals surface area contributed by atoms with Crippen molar-refractivity contribution in [3.05, 3.63) is 82.9 Å². The molecule has 0 fully saturated rings. The molecule has 0 atom stereocenters. The maximum absolute atomic E-state index is 12.5. The van der Waals surface area contributed by atoms with Crippen LogP contribution in [0.25, 0.3) is 11.6 Å². The minimum atomic E-state index is -0.563. The monoisotopic (exact) mass is 318 g/mol. The first-order valence-corrected chi connectivity index (χ1v) is 7.88. The normalized spacial score (nSPS) is 14.7. The summed E-state index contributed by atoms with van der Waals surface area (Å²) in [4.78, 5) is 24.7. The molecule has 3 heteroatoms. The lowest BCUT2D eigenvalue weighted by Crippen LogP contribution is -2.17. The SMILES string of the molecule is CC(=O)/C(C(=O)OCc1ccccc1)=C1/CC=Cc2ccccc21. The molecule has 0 aliphatic heterocycles. The Hall–Kier alpha value is -2.94. The molecule has 3 rings (SSSR count). The molecule has 0 spiro atoms. The van der Waals surface area contributed by atoms with Crippen molar-refractivity contribution in [3.63, 3.8) is 0 Å². The Morgan fingerprint density at radius 2 is 1.71 bits per heavy atom. The zero-order chi connectivity index (χ0) is 16.9. The predicted octanol–water partition coefficient (Wildman–Crippen LogP) is 4.19. The van der Waals surface area contributed by atoms with E-state index in [9.17, 15) is 9.59 Å². The topological polar surface area (TPSA) is 43.4 Å². The summed E-state index contributed by atoms with van der Waals surface area (Å²) in [5.74, 6) is -0.834. The molecule has 0 radical (unpaired) electrons. The number of Topliss-reactive ketones (excluding diaryl/α,β-unsaturated/α-hetero) is 1. The first kappa shape index (κ1) is 15.9. The lowest BCUT2D eigenvalue weighted by atomic mass is 9.88. The van der Waals surface area contributed by atoms with Crippen LogP contribution in [0.5, 0.6) is 0 Å². The van der Waals surface area contributed by atoms with Gasteiger partial charge in [-0.25, -0.2) is 4.79 Å². The molecule has 1 aliphatic carbocycles. The standard InChI is InChI=1S/C21H18O3/c1-15(22)20(21(23)24-14-16-8-3-2-4-9-16)19-13-7-11-17-10-5-6-12-18(17)19/h2-12H,13-14H2,1H3/b20-19+. The van der Waals surface area contributed by atoms with E-state index in [4.69, 9.17) is 4.74 Å². The minimum Gasteiger partial charge on any atom is -0.457 e. The highest BCUT2D eigenvalue weighted by Crippen LogP contribution is 2.32. The Labute approximate surface area is 141 Å². The predicted molar refractivity (Wildman–Crippen MR) is 93.9 cm³/mol. The van der Waals surface area contributed by atoms with Crippen LogP contribution in [0.1, 0.15) is 30.0 Å². The number of ether oxygens (including phenoxy) is 1. The Balaban J connectivity index is 1.91. The van der Waals surface area contributed by atoms with Crippen molar-refractivity contribution in [1.29, 1.82) is 0 Å². The molecule has 0 unspecified atom stereocenters. The molecule has 0 aromatic heterocycles. The fraction of sp³-hybridized carbons (Fsp3) is 0.143. The van der Waals surface area contributed by atoms with Crippen molar-refractivity contribution in [2.45, 2.75) is 20.0 Å². The quantitative estimate of drug-likeness (QED) is 0.367. The van der Waals surface area contributed by atoms with Crippen LogP contribution in [0.2, 0.25) is 0 Å². The molecule has 3 nitrogen and oxygen atoms in total. The zero-order valence-corrected chi connectivity index (χ0v) is 13.5. The van der Waals surface area contributed by atoms with Crippen molar-refractivity contribution < 1.29 is 14.3 Å². The zero-order valence-electron chi connectivity index (χ0n) is 13.5. The lowest BCUT2D eigenvalue weighted by Gasteiger charge is -2.17. The largest absolute Gasteiger partial charge is 0.457 e. The van der Waals surface area contributed by atoms with E-state index in [0.717, 1.165) is 22.3 Å². The fourth-order valence-corrected chi connectivity index (χ4v) is 2.84. The van der Waals surface area contributed by atoms with Gasteiger partial charge in [-0.1, -0.05) is 66.7 Å². The van der Waals surface area contributed by atoms with Crippen LogP contribution < -0.4 is 0 Å². The first-order valence-electron chi connectivity index (χ1n) is 7.88. The van der Waals surface area contributed by atoms with Gasteiger partial charge in [0.2, 0.25) is 0 Å². The van der Waals surface area contributed by atoms with Gasteiger partial charge in [0.25, 0.3) is 0 Å². The highest BCUT2D eigenvalue weighted by atomic mass is 16.5. The van der Waals surface area contributed by atoms with E-state index in [2.05, 4.69) is 0 Å². The van der Waals surface area contributed by atoms with Gasteiger partial charge in [0, 0.05) is 0 Å². The van der Waals surface area contributed by atoms with E-state index in [-0.39, 0.29) is 18.0 Å². The third-order valence-corrected chi connectivity index (χ3v) is 3.98. The van der Waals surface area contributed by atoms with Crippen molar-refractivity contribution in [2.24, 2.45) is 0 Å². The number of rotatable bonds is 4. The molecule has 0 heterocycles. The van der Waals surface area contributed by atoms with Gasteiger partial charge in [-0.2, -0.15) is 0 Å². The van der Waals surface area contributed by atoms with Crippen LogP contribution in [0.4, 0.5) is 0 Å². The highest BCUT2D eigenvalue weighted by molar-refractivity contribution is 6.22. The van der Waals surface area contributed by atoms with Crippen LogP contribution in [0.3, 0.4) is 0 Å². The van der Waals surface area contributed by atoms with E-state index in [0.29, 0.717) is 6.42 Å². The van der Waals surface area contributed by atoms with Gasteiger partial charge in [-0.3, -0.25) is 4.79 Å². The molecular formula is C21H18O3. The average Bonchev–Trinajstić information content (AvgIpc) is 2.61. The molecular weight excluding hydrogens is 300 g/mol. The maximum Gasteiger partial charge on any atom is 0.342 e. The van der Waals surface area contributed by atoms with Crippen LogP contribution >= 0.6 is 0 Å². The number of carbonyl (C=O) groups is 2. The van der Waals surface area contributed by atoms with Gasteiger partial charge in [-0.05, 0) is 35.6 Å². The summed E-state index contributed by atoms with van der Waals surface area (Å²) in [6, 6.07) is 17.2. The first-order chi connectivity index (χ1) is 11.7. The highest BCUT2D eigenvalue weighted by Gasteiger charge is 2.24. The summed E-state index contributed by atoms with van der Waals surface area (Å²) in [6.45, 7) is 1.56. The summed E-state index contributed by atoms with van der Waals surface area (Å²) in [7, 11) is 0. The molecule has 0 N–H and O–H groups in total. The molecule has 2 aromatic carbocycles. The van der Waals surface area contributed by atoms with Gasteiger partial charge < -0.3 is 4.74 Å². The summed E-state index contributed by atoms with van der Waals surface area (Å²) in [6.07, 6.45) is 4.52. The number of ketones is 1. The Morgan fingerprint density at radius 3 is 2.46 bits per heavy atom. The van der Waals surface area contributed by atoms with Gasteiger partial charge in [0.15, 0.2) is 5.78 Å². The summed E-state index contributed by atoms with van der Waals surface area (Å²) >= 11 is 0. The number of benzene rings is 2. The van der Waals surface area contributed by atoms with Crippen molar-refractivity contribution >= 4 is 23.4 Å². The van der Waals surface area contributed by atoms with Crippen LogP contribution in [0, 0.1) is 0 Å². The third-order valence-electron chi connectivity index (χ3n) is 3.98. The van der Waals surface area contributed by atoms with Gasteiger partial charge in [-0.15, -0.1) is 0 Å². The summed E-state index contributed by atoms with van der Waals surface area (Å²) in [5.41, 5.74) is 3.69. The smallest absolute Gasteiger partial charge is 0.342 e. The molecule has 2 aromatic rings. The molecule has 0 bridgehead atoms. The number of esters is 1. The number of carbonyl (C=O) groups excluding carboxylic acids is 2.